The summed E-state index contributed by atoms with van der Waals surface area (Å²) in [4.78, 5) is 0. The minimum Gasteiger partial charge on any atom is -0.198 e. The smallest absolute Gasteiger partial charge is 0.198 e. The summed E-state index contributed by atoms with van der Waals surface area (Å²) in [6.45, 7) is 4.29. The van der Waals surface area contributed by atoms with Gasteiger partial charge in [0.25, 0.3) is 0 Å². The number of fused-ring (bicyclic) bond motifs is 1. The van der Waals surface area contributed by atoms with E-state index in [0.717, 1.165) is 28.8 Å². The average Bonchev–Trinajstić information content (AvgIpc) is 2.72. The van der Waals surface area contributed by atoms with E-state index >= 15 is 0 Å². The van der Waals surface area contributed by atoms with Crippen LogP contribution in [0, 0.1) is 31.6 Å². The molecule has 0 saturated heterocycles. The van der Waals surface area contributed by atoms with Gasteiger partial charge in [-0.1, -0.05) is 30.3 Å². The largest absolute Gasteiger partial charge is 0.220 e. The first kappa shape index (κ1) is 16.6. The monoisotopic (exact) mass is 383 g/mol. The van der Waals surface area contributed by atoms with E-state index in [-0.39, 0.29) is 0 Å². The van der Waals surface area contributed by atoms with E-state index in [1.807, 2.05) is 0 Å². The quantitative estimate of drug-likeness (QED) is 0.450. The molecule has 4 aliphatic carbocycles. The van der Waals surface area contributed by atoms with Crippen molar-refractivity contribution in [3.63, 3.8) is 0 Å². The maximum atomic E-state index is 8.95. The predicted molar refractivity (Wildman–Crippen MR) is 120 cm³/mol. The van der Waals surface area contributed by atoms with Gasteiger partial charge in [-0.3, -0.25) is 0 Å². The number of nitrogens with zero attached hydrogens (tertiary/aromatic N) is 1. The van der Waals surface area contributed by atoms with Crippen molar-refractivity contribution in [3.8, 4) is 11.3 Å². The van der Waals surface area contributed by atoms with E-state index in [1.165, 1.54) is 66.3 Å². The van der Waals surface area contributed by atoms with Crippen LogP contribution in [0.15, 0.2) is 48.5 Å². The second-order valence-electron chi connectivity index (χ2n) is 10.4. The van der Waals surface area contributed by atoms with E-state index in [0.29, 0.717) is 11.5 Å². The molecule has 0 amide bonds. The highest BCUT2D eigenvalue weighted by molar-refractivity contribution is 5.94. The summed E-state index contributed by atoms with van der Waals surface area (Å²) < 4.78 is 11.2. The SMILES string of the molecule is [2H]c1c(C)[n+](C)c(-c2ccccc2C)c2ccc(C34CC5CC(CC(C5)C3)C4)cc12. The van der Waals surface area contributed by atoms with Crippen molar-refractivity contribution < 1.29 is 5.94 Å². The van der Waals surface area contributed by atoms with Crippen LogP contribution >= 0.6 is 0 Å². The Kier molecular flexibility index (Phi) is 3.54. The molecule has 2 aromatic carbocycles. The molecule has 3 aromatic rings. The van der Waals surface area contributed by atoms with Crippen molar-refractivity contribution in [2.24, 2.45) is 24.8 Å². The number of benzene rings is 2. The van der Waals surface area contributed by atoms with E-state index in [9.17, 15) is 0 Å². The second-order valence-corrected chi connectivity index (χ2v) is 10.4. The lowest BCUT2D eigenvalue weighted by molar-refractivity contribution is -0.665. The Balaban J connectivity index is 1.57. The Labute approximate surface area is 176 Å². The van der Waals surface area contributed by atoms with Crippen LogP contribution in [0.2, 0.25) is 0 Å². The Hall–Kier alpha value is -2.15. The van der Waals surface area contributed by atoms with Crippen molar-refractivity contribution in [2.75, 3.05) is 0 Å². The molecule has 0 N–H and O–H groups in total. The summed E-state index contributed by atoms with van der Waals surface area (Å²) >= 11 is 0. The summed E-state index contributed by atoms with van der Waals surface area (Å²) in [5.74, 6) is 2.83. The van der Waals surface area contributed by atoms with Gasteiger partial charge in [0.1, 0.15) is 7.05 Å². The first-order chi connectivity index (χ1) is 14.4. The predicted octanol–water partition coefficient (Wildman–Crippen LogP) is 6.42. The van der Waals surface area contributed by atoms with Crippen LogP contribution in [0.4, 0.5) is 0 Å². The molecule has 1 aromatic heterocycles. The average molecular weight is 384 g/mol. The Bertz CT molecular complexity index is 1140. The molecular formula is C28H32N+. The van der Waals surface area contributed by atoms with Crippen molar-refractivity contribution in [1.29, 1.82) is 0 Å². The van der Waals surface area contributed by atoms with Crippen LogP contribution in [0.25, 0.3) is 22.0 Å². The summed E-state index contributed by atoms with van der Waals surface area (Å²) in [6, 6.07) is 16.5. The topological polar surface area (TPSA) is 3.88 Å². The van der Waals surface area contributed by atoms with Crippen LogP contribution in [0.1, 0.15) is 56.7 Å². The van der Waals surface area contributed by atoms with Gasteiger partial charge in [-0.15, -0.1) is 0 Å². The third-order valence-electron chi connectivity index (χ3n) is 8.48. The normalized spacial score (nSPS) is 30.7. The maximum absolute atomic E-state index is 8.95. The highest BCUT2D eigenvalue weighted by atomic mass is 14.9. The lowest BCUT2D eigenvalue weighted by Gasteiger charge is -2.57. The van der Waals surface area contributed by atoms with Crippen molar-refractivity contribution in [2.45, 2.75) is 57.8 Å². The number of rotatable bonds is 2. The lowest BCUT2D eigenvalue weighted by atomic mass is 9.48. The molecule has 4 saturated carbocycles. The molecule has 0 radical (unpaired) electrons. The third kappa shape index (κ3) is 2.62. The van der Waals surface area contributed by atoms with E-state index < -0.39 is 0 Å². The molecular weight excluding hydrogens is 350 g/mol. The van der Waals surface area contributed by atoms with Crippen LogP contribution in [-0.2, 0) is 12.5 Å². The van der Waals surface area contributed by atoms with Crippen LogP contribution in [-0.4, -0.2) is 0 Å². The standard InChI is InChI=1S/C28H32N/c1-18-6-4-5-7-25(18)27-26-9-8-24(14-23(26)10-19(2)29(27)3)28-15-20-11-21(16-28)13-22(12-20)17-28/h4-10,14,20-22H,11-13,15-17H2,1-3H3/q+1/i10D. The molecule has 7 rings (SSSR count). The Morgan fingerprint density at radius 1 is 0.931 bits per heavy atom. The van der Waals surface area contributed by atoms with Gasteiger partial charge in [0.05, 0.1) is 6.76 Å². The van der Waals surface area contributed by atoms with E-state index in [1.54, 1.807) is 0 Å². The summed E-state index contributed by atoms with van der Waals surface area (Å²) in [5, 5.41) is 2.35. The molecule has 4 bridgehead atoms. The van der Waals surface area contributed by atoms with Gasteiger partial charge in [0, 0.05) is 18.5 Å². The van der Waals surface area contributed by atoms with Crippen molar-refractivity contribution in [3.05, 3.63) is 65.3 Å². The third-order valence-corrected chi connectivity index (χ3v) is 8.48. The molecule has 148 valence electrons. The van der Waals surface area contributed by atoms with Gasteiger partial charge < -0.3 is 0 Å². The molecule has 0 spiro atoms. The van der Waals surface area contributed by atoms with Crippen LogP contribution < -0.4 is 4.57 Å². The zero-order valence-corrected chi connectivity index (χ0v) is 18.0. The first-order valence-electron chi connectivity index (χ1n) is 11.9. The van der Waals surface area contributed by atoms with Gasteiger partial charge in [0.15, 0.2) is 5.69 Å². The fourth-order valence-electron chi connectivity index (χ4n) is 7.44. The molecule has 29 heavy (non-hydrogen) atoms. The summed E-state index contributed by atoms with van der Waals surface area (Å²) in [5.41, 5.74) is 6.75. The van der Waals surface area contributed by atoms with Gasteiger partial charge in [-0.05, 0) is 97.3 Å². The molecule has 0 aliphatic heterocycles. The molecule has 1 nitrogen and oxygen atoms in total. The minimum atomic E-state index is 0.379. The molecule has 4 fully saturated rings. The van der Waals surface area contributed by atoms with Crippen molar-refractivity contribution >= 4 is 10.8 Å². The molecule has 0 unspecified atom stereocenters. The highest BCUT2D eigenvalue weighted by Gasteiger charge is 2.51. The molecule has 1 heterocycles. The lowest BCUT2D eigenvalue weighted by Crippen LogP contribution is -2.48. The van der Waals surface area contributed by atoms with Gasteiger partial charge in [-0.25, -0.2) is 0 Å². The first-order valence-corrected chi connectivity index (χ1v) is 11.4. The van der Waals surface area contributed by atoms with Crippen LogP contribution in [0.3, 0.4) is 0 Å². The van der Waals surface area contributed by atoms with Gasteiger partial charge >= 0.3 is 0 Å². The number of hydrogen-bond acceptors (Lipinski definition) is 0. The minimum absolute atomic E-state index is 0.379. The number of aromatic nitrogens is 1. The second kappa shape index (κ2) is 6.17. The summed E-state index contributed by atoms with van der Waals surface area (Å²) in [7, 11) is 2.11. The Morgan fingerprint density at radius 2 is 1.59 bits per heavy atom. The number of pyridine rings is 1. The van der Waals surface area contributed by atoms with Crippen molar-refractivity contribution in [1.82, 2.24) is 0 Å². The molecule has 0 atom stereocenters. The molecule has 4 aliphatic rings. The summed E-state index contributed by atoms with van der Waals surface area (Å²) in [6.07, 6.45) is 8.56. The molecule has 1 heteroatoms. The fourth-order valence-corrected chi connectivity index (χ4v) is 7.44. The van der Waals surface area contributed by atoms with E-state index in [2.05, 4.69) is 67.9 Å². The zero-order valence-electron chi connectivity index (χ0n) is 19.0. The maximum Gasteiger partial charge on any atom is 0.220 e. The number of hydrogen-bond donors (Lipinski definition) is 0. The van der Waals surface area contributed by atoms with Crippen LogP contribution in [0.5, 0.6) is 0 Å². The Morgan fingerprint density at radius 3 is 2.24 bits per heavy atom. The number of aryl methyl sites for hydroxylation is 1. The fraction of sp³-hybridized carbons (Fsp3) is 0.464. The zero-order chi connectivity index (χ0) is 20.6. The van der Waals surface area contributed by atoms with Gasteiger partial charge in [-0.2, -0.15) is 4.57 Å². The van der Waals surface area contributed by atoms with Gasteiger partial charge in [0.2, 0.25) is 5.69 Å². The van der Waals surface area contributed by atoms with E-state index in [4.69, 9.17) is 1.37 Å². The highest BCUT2D eigenvalue weighted by Crippen LogP contribution is 2.60.